The molecule has 20 heavy (non-hydrogen) atoms. The summed E-state index contributed by atoms with van der Waals surface area (Å²) in [5.41, 5.74) is 0.885. The number of aromatic nitrogens is 2. The topological polar surface area (TPSA) is 63.1 Å². The number of aromatic carboxylic acids is 1. The number of hydrogen-bond acceptors (Lipinski definition) is 3. The van der Waals surface area contributed by atoms with E-state index >= 15 is 0 Å². The highest BCUT2D eigenvalue weighted by Gasteiger charge is 2.14. The summed E-state index contributed by atoms with van der Waals surface area (Å²) in [6, 6.07) is 4.71. The van der Waals surface area contributed by atoms with Crippen LogP contribution in [0, 0.1) is 5.82 Å². The van der Waals surface area contributed by atoms with Gasteiger partial charge in [-0.25, -0.2) is 19.2 Å². The van der Waals surface area contributed by atoms with E-state index in [1.54, 1.807) is 19.1 Å². The average Bonchev–Trinajstić information content (AvgIpc) is 2.43. The molecule has 1 N–H and O–H groups in total. The van der Waals surface area contributed by atoms with Crippen LogP contribution in [0.3, 0.4) is 0 Å². The average molecular weight is 295 g/mol. The summed E-state index contributed by atoms with van der Waals surface area (Å²) in [7, 11) is 0. The van der Waals surface area contributed by atoms with Gasteiger partial charge in [0, 0.05) is 12.6 Å². The molecule has 1 aromatic heterocycles. The van der Waals surface area contributed by atoms with Gasteiger partial charge in [0.15, 0.2) is 0 Å². The fraction of sp³-hybridized carbons (Fsp3) is 0.214. The highest BCUT2D eigenvalue weighted by Crippen LogP contribution is 2.20. The molecule has 0 amide bonds. The van der Waals surface area contributed by atoms with E-state index in [0.29, 0.717) is 23.5 Å². The van der Waals surface area contributed by atoms with Crippen LogP contribution in [-0.2, 0) is 12.8 Å². The molecule has 0 aliphatic carbocycles. The van der Waals surface area contributed by atoms with Crippen LogP contribution in [0.4, 0.5) is 4.39 Å². The molecular weight excluding hydrogens is 283 g/mol. The maximum Gasteiger partial charge on any atom is 0.339 e. The molecule has 0 aliphatic heterocycles. The first-order valence-corrected chi connectivity index (χ1v) is 6.41. The van der Waals surface area contributed by atoms with Crippen LogP contribution in [0.2, 0.25) is 5.02 Å². The molecule has 0 saturated heterocycles. The van der Waals surface area contributed by atoms with E-state index < -0.39 is 11.8 Å². The van der Waals surface area contributed by atoms with Crippen molar-refractivity contribution in [3.63, 3.8) is 0 Å². The first-order valence-electron chi connectivity index (χ1n) is 6.04. The molecule has 0 radical (unpaired) electrons. The smallest absolute Gasteiger partial charge is 0.339 e. The molecule has 1 aromatic carbocycles. The van der Waals surface area contributed by atoms with Gasteiger partial charge in [0.05, 0.1) is 16.3 Å². The zero-order valence-electron chi connectivity index (χ0n) is 10.7. The fourth-order valence-corrected chi connectivity index (χ4v) is 2.04. The SMILES string of the molecule is CCc1nc(Cc2cccc(Cl)c2F)ncc1C(=O)O. The van der Waals surface area contributed by atoms with E-state index in [1.165, 1.54) is 12.3 Å². The number of nitrogens with zero attached hydrogens (tertiary/aromatic N) is 2. The lowest BCUT2D eigenvalue weighted by molar-refractivity contribution is 0.0694. The van der Waals surface area contributed by atoms with Gasteiger partial charge < -0.3 is 5.11 Å². The minimum Gasteiger partial charge on any atom is -0.478 e. The van der Waals surface area contributed by atoms with E-state index in [2.05, 4.69) is 9.97 Å². The molecule has 0 atom stereocenters. The third kappa shape index (κ3) is 2.93. The predicted octanol–water partition coefficient (Wildman–Crippen LogP) is 3.12. The van der Waals surface area contributed by atoms with Gasteiger partial charge in [-0.3, -0.25) is 0 Å². The Bertz CT molecular complexity index is 662. The number of aryl methyl sites for hydroxylation is 1. The Morgan fingerprint density at radius 2 is 2.20 bits per heavy atom. The van der Waals surface area contributed by atoms with Crippen molar-refractivity contribution in [3.8, 4) is 0 Å². The van der Waals surface area contributed by atoms with Crippen molar-refractivity contribution in [2.24, 2.45) is 0 Å². The van der Waals surface area contributed by atoms with Crippen LogP contribution in [0.5, 0.6) is 0 Å². The van der Waals surface area contributed by atoms with Gasteiger partial charge in [-0.2, -0.15) is 0 Å². The summed E-state index contributed by atoms with van der Waals surface area (Å²) in [5, 5.41) is 9.04. The molecule has 2 aromatic rings. The number of halogens is 2. The van der Waals surface area contributed by atoms with Crippen LogP contribution < -0.4 is 0 Å². The van der Waals surface area contributed by atoms with Gasteiger partial charge in [0.1, 0.15) is 11.6 Å². The highest BCUT2D eigenvalue weighted by molar-refractivity contribution is 6.30. The van der Waals surface area contributed by atoms with Gasteiger partial charge in [-0.15, -0.1) is 0 Å². The maximum absolute atomic E-state index is 13.8. The van der Waals surface area contributed by atoms with E-state index in [0.717, 1.165) is 0 Å². The standard InChI is InChI=1S/C14H12ClFN2O2/c1-2-11-9(14(19)20)7-17-12(18-11)6-8-4-3-5-10(15)13(8)16/h3-5,7H,2,6H2,1H3,(H,19,20). The molecule has 0 aliphatic rings. The second-order valence-corrected chi connectivity index (χ2v) is 4.60. The van der Waals surface area contributed by atoms with Crippen LogP contribution in [0.15, 0.2) is 24.4 Å². The van der Waals surface area contributed by atoms with Crippen molar-refractivity contribution in [1.82, 2.24) is 9.97 Å². The lowest BCUT2D eigenvalue weighted by Crippen LogP contribution is -2.09. The second-order valence-electron chi connectivity index (χ2n) is 4.20. The minimum atomic E-state index is -1.07. The summed E-state index contributed by atoms with van der Waals surface area (Å²) in [6.45, 7) is 1.80. The number of hydrogen-bond donors (Lipinski definition) is 1. The van der Waals surface area contributed by atoms with Gasteiger partial charge in [0.25, 0.3) is 0 Å². The molecule has 4 nitrogen and oxygen atoms in total. The van der Waals surface area contributed by atoms with Gasteiger partial charge in [0.2, 0.25) is 0 Å². The molecule has 0 saturated carbocycles. The first kappa shape index (κ1) is 14.4. The lowest BCUT2D eigenvalue weighted by atomic mass is 10.1. The van der Waals surface area contributed by atoms with Crippen LogP contribution in [-0.4, -0.2) is 21.0 Å². The van der Waals surface area contributed by atoms with Crippen LogP contribution >= 0.6 is 11.6 Å². The van der Waals surface area contributed by atoms with E-state index in [4.69, 9.17) is 16.7 Å². The Morgan fingerprint density at radius 3 is 2.85 bits per heavy atom. The molecule has 104 valence electrons. The number of rotatable bonds is 4. The van der Waals surface area contributed by atoms with Crippen LogP contribution in [0.1, 0.15) is 34.4 Å². The van der Waals surface area contributed by atoms with Crippen molar-refractivity contribution in [2.45, 2.75) is 19.8 Å². The summed E-state index contributed by atoms with van der Waals surface area (Å²) < 4.78 is 13.8. The summed E-state index contributed by atoms with van der Waals surface area (Å²) >= 11 is 5.71. The van der Waals surface area contributed by atoms with E-state index in [9.17, 15) is 9.18 Å². The Kier molecular flexibility index (Phi) is 4.29. The zero-order valence-corrected chi connectivity index (χ0v) is 11.5. The van der Waals surface area contributed by atoms with Crippen molar-refractivity contribution in [1.29, 1.82) is 0 Å². The molecule has 0 spiro atoms. The van der Waals surface area contributed by atoms with Crippen molar-refractivity contribution >= 4 is 17.6 Å². The largest absolute Gasteiger partial charge is 0.478 e. The first-order chi connectivity index (χ1) is 9.52. The highest BCUT2D eigenvalue weighted by atomic mass is 35.5. The Balaban J connectivity index is 2.35. The molecule has 1 heterocycles. The molecular formula is C14H12ClFN2O2. The second kappa shape index (κ2) is 5.96. The Labute approximate surface area is 120 Å². The van der Waals surface area contributed by atoms with Crippen molar-refractivity contribution in [2.75, 3.05) is 0 Å². The monoisotopic (exact) mass is 294 g/mol. The van der Waals surface area contributed by atoms with Gasteiger partial charge in [-0.1, -0.05) is 30.7 Å². The van der Waals surface area contributed by atoms with Crippen LogP contribution in [0.25, 0.3) is 0 Å². The number of carbonyl (C=O) groups is 1. The molecule has 6 heteroatoms. The third-order valence-electron chi connectivity index (χ3n) is 2.86. The number of benzene rings is 1. The zero-order chi connectivity index (χ0) is 14.7. The molecule has 0 bridgehead atoms. The van der Waals surface area contributed by atoms with Gasteiger partial charge >= 0.3 is 5.97 Å². The summed E-state index contributed by atoms with van der Waals surface area (Å²) in [4.78, 5) is 19.1. The number of carboxylic acids is 1. The molecule has 0 fully saturated rings. The molecule has 2 rings (SSSR count). The van der Waals surface area contributed by atoms with E-state index in [1.807, 2.05) is 0 Å². The Hall–Kier alpha value is -2.01. The summed E-state index contributed by atoms with van der Waals surface area (Å²) in [5.74, 6) is -1.20. The van der Waals surface area contributed by atoms with Crippen molar-refractivity contribution < 1.29 is 14.3 Å². The quantitative estimate of drug-likeness (QED) is 0.941. The third-order valence-corrected chi connectivity index (χ3v) is 3.15. The lowest BCUT2D eigenvalue weighted by Gasteiger charge is -2.07. The normalized spacial score (nSPS) is 10.6. The maximum atomic E-state index is 13.8. The predicted molar refractivity (Wildman–Crippen MR) is 72.6 cm³/mol. The summed E-state index contributed by atoms with van der Waals surface area (Å²) in [6.07, 6.45) is 1.89. The number of carboxylic acid groups (broad SMARTS) is 1. The Morgan fingerprint density at radius 1 is 1.45 bits per heavy atom. The van der Waals surface area contributed by atoms with E-state index in [-0.39, 0.29) is 17.0 Å². The molecule has 0 unspecified atom stereocenters. The fourth-order valence-electron chi connectivity index (χ4n) is 1.85. The van der Waals surface area contributed by atoms with Crippen molar-refractivity contribution in [3.05, 3.63) is 57.9 Å². The minimum absolute atomic E-state index is 0.0420. The van der Waals surface area contributed by atoms with Gasteiger partial charge in [-0.05, 0) is 18.1 Å².